The SMILES string of the molecule is Nc1cc[n+](CCCCS)c2ccccc12. The van der Waals surface area contributed by atoms with Gasteiger partial charge in [-0.2, -0.15) is 17.2 Å². The average molecular weight is 233 g/mol. The first-order chi connectivity index (χ1) is 7.83. The molecular formula is C13H17N2S+. The molecule has 1 aromatic heterocycles. The maximum atomic E-state index is 5.95. The van der Waals surface area contributed by atoms with E-state index in [0.29, 0.717) is 0 Å². The summed E-state index contributed by atoms with van der Waals surface area (Å²) >= 11 is 4.23. The molecule has 0 spiro atoms. The van der Waals surface area contributed by atoms with Crippen LogP contribution in [0.4, 0.5) is 5.69 Å². The number of anilines is 1. The summed E-state index contributed by atoms with van der Waals surface area (Å²) in [5.41, 5.74) is 8.01. The molecule has 0 amide bonds. The Morgan fingerprint density at radius 1 is 1.12 bits per heavy atom. The van der Waals surface area contributed by atoms with Gasteiger partial charge in [-0.1, -0.05) is 12.1 Å². The lowest BCUT2D eigenvalue weighted by Crippen LogP contribution is -2.34. The van der Waals surface area contributed by atoms with Crippen molar-refractivity contribution in [3.05, 3.63) is 36.5 Å². The van der Waals surface area contributed by atoms with Crippen molar-refractivity contribution in [2.75, 3.05) is 11.5 Å². The minimum absolute atomic E-state index is 0.848. The van der Waals surface area contributed by atoms with E-state index >= 15 is 0 Å². The van der Waals surface area contributed by atoms with Crippen LogP contribution in [0.15, 0.2) is 36.5 Å². The fraction of sp³-hybridized carbons (Fsp3) is 0.308. The molecular weight excluding hydrogens is 216 g/mol. The van der Waals surface area contributed by atoms with Crippen LogP contribution in [0.5, 0.6) is 0 Å². The predicted octanol–water partition coefficient (Wildman–Crippen LogP) is 2.42. The van der Waals surface area contributed by atoms with Crippen LogP contribution >= 0.6 is 12.6 Å². The molecule has 0 saturated carbocycles. The van der Waals surface area contributed by atoms with Crippen molar-refractivity contribution in [3.8, 4) is 0 Å². The van der Waals surface area contributed by atoms with Crippen molar-refractivity contribution >= 4 is 29.2 Å². The Bertz CT molecular complexity index is 482. The number of hydrogen-bond donors (Lipinski definition) is 2. The van der Waals surface area contributed by atoms with E-state index in [2.05, 4.69) is 41.6 Å². The largest absolute Gasteiger partial charge is 0.398 e. The van der Waals surface area contributed by atoms with Crippen LogP contribution < -0.4 is 10.3 Å². The summed E-state index contributed by atoms with van der Waals surface area (Å²) in [6.07, 6.45) is 4.37. The number of nitrogens with zero attached hydrogens (tertiary/aromatic N) is 1. The van der Waals surface area contributed by atoms with Crippen molar-refractivity contribution in [1.29, 1.82) is 0 Å². The van der Waals surface area contributed by atoms with E-state index in [1.807, 2.05) is 12.1 Å². The Kier molecular flexibility index (Phi) is 3.67. The normalized spacial score (nSPS) is 10.8. The Balaban J connectivity index is 2.35. The number of nitrogens with two attached hydrogens (primary N) is 1. The molecule has 0 aliphatic heterocycles. The highest BCUT2D eigenvalue weighted by Crippen LogP contribution is 2.16. The van der Waals surface area contributed by atoms with E-state index in [1.54, 1.807) is 0 Å². The van der Waals surface area contributed by atoms with E-state index in [1.165, 1.54) is 5.52 Å². The summed E-state index contributed by atoms with van der Waals surface area (Å²) in [5, 5.41) is 1.14. The topological polar surface area (TPSA) is 29.9 Å². The van der Waals surface area contributed by atoms with E-state index in [9.17, 15) is 0 Å². The van der Waals surface area contributed by atoms with Crippen molar-refractivity contribution < 1.29 is 4.57 Å². The fourth-order valence-corrected chi connectivity index (χ4v) is 2.12. The third kappa shape index (κ3) is 2.30. The average Bonchev–Trinajstić information content (AvgIpc) is 2.33. The van der Waals surface area contributed by atoms with Gasteiger partial charge in [0.1, 0.15) is 6.54 Å². The number of unbranched alkanes of at least 4 members (excludes halogenated alkanes) is 1. The maximum absolute atomic E-state index is 5.95. The molecule has 0 bridgehead atoms. The summed E-state index contributed by atoms with van der Waals surface area (Å²) in [4.78, 5) is 0. The van der Waals surface area contributed by atoms with Gasteiger partial charge in [-0.25, -0.2) is 0 Å². The Morgan fingerprint density at radius 3 is 2.75 bits per heavy atom. The third-order valence-electron chi connectivity index (χ3n) is 2.77. The molecule has 1 heterocycles. The molecule has 0 radical (unpaired) electrons. The zero-order valence-corrected chi connectivity index (χ0v) is 10.2. The molecule has 0 aliphatic carbocycles. The Hall–Kier alpha value is -1.22. The van der Waals surface area contributed by atoms with Gasteiger partial charge < -0.3 is 5.73 Å². The standard InChI is InChI=1S/C13H16N2S/c14-12-7-9-15(8-3-4-10-16)13-6-2-1-5-11(12)13/h1-2,5-7,9,14,16H,3-4,8,10H2/p+1. The molecule has 1 aromatic carbocycles. The van der Waals surface area contributed by atoms with Gasteiger partial charge in [0, 0.05) is 18.6 Å². The molecule has 0 aliphatic rings. The number of fused-ring (bicyclic) bond motifs is 1. The number of para-hydroxylation sites is 1. The highest BCUT2D eigenvalue weighted by atomic mass is 32.1. The zero-order chi connectivity index (χ0) is 11.4. The number of pyridine rings is 1. The van der Waals surface area contributed by atoms with Crippen LogP contribution in [-0.2, 0) is 6.54 Å². The van der Waals surface area contributed by atoms with Gasteiger partial charge in [0.15, 0.2) is 6.20 Å². The lowest BCUT2D eigenvalue weighted by Gasteiger charge is -2.03. The van der Waals surface area contributed by atoms with Gasteiger partial charge in [0.2, 0.25) is 5.52 Å². The van der Waals surface area contributed by atoms with Gasteiger partial charge in [-0.15, -0.1) is 0 Å². The van der Waals surface area contributed by atoms with Crippen LogP contribution in [0.3, 0.4) is 0 Å². The second-order valence-electron chi connectivity index (χ2n) is 3.91. The summed E-state index contributed by atoms with van der Waals surface area (Å²) in [6.45, 7) is 1.03. The van der Waals surface area contributed by atoms with Crippen LogP contribution in [-0.4, -0.2) is 5.75 Å². The Morgan fingerprint density at radius 2 is 1.94 bits per heavy atom. The first kappa shape index (κ1) is 11.3. The summed E-state index contributed by atoms with van der Waals surface area (Å²) in [7, 11) is 0. The molecule has 16 heavy (non-hydrogen) atoms. The van der Waals surface area contributed by atoms with Crippen LogP contribution in [0.25, 0.3) is 10.9 Å². The fourth-order valence-electron chi connectivity index (χ4n) is 1.90. The second-order valence-corrected chi connectivity index (χ2v) is 4.36. The number of thiol groups is 1. The molecule has 2 aromatic rings. The minimum atomic E-state index is 0.848. The smallest absolute Gasteiger partial charge is 0.214 e. The summed E-state index contributed by atoms with van der Waals surface area (Å²) < 4.78 is 2.26. The van der Waals surface area contributed by atoms with Gasteiger partial charge in [-0.3, -0.25) is 0 Å². The van der Waals surface area contributed by atoms with Gasteiger partial charge in [0.05, 0.1) is 11.1 Å². The molecule has 0 fully saturated rings. The number of aryl methyl sites for hydroxylation is 1. The highest BCUT2D eigenvalue weighted by molar-refractivity contribution is 7.80. The van der Waals surface area contributed by atoms with Crippen LogP contribution in [0, 0.1) is 0 Å². The van der Waals surface area contributed by atoms with Crippen molar-refractivity contribution in [3.63, 3.8) is 0 Å². The van der Waals surface area contributed by atoms with Crippen LogP contribution in [0.2, 0.25) is 0 Å². The van der Waals surface area contributed by atoms with Crippen molar-refractivity contribution in [2.24, 2.45) is 0 Å². The quantitative estimate of drug-likeness (QED) is 0.474. The lowest BCUT2D eigenvalue weighted by molar-refractivity contribution is -0.671. The number of hydrogen-bond acceptors (Lipinski definition) is 2. The molecule has 84 valence electrons. The lowest BCUT2D eigenvalue weighted by atomic mass is 10.2. The maximum Gasteiger partial charge on any atom is 0.214 e. The number of rotatable bonds is 4. The van der Waals surface area contributed by atoms with E-state index in [-0.39, 0.29) is 0 Å². The summed E-state index contributed by atoms with van der Waals surface area (Å²) in [6, 6.07) is 10.2. The third-order valence-corrected chi connectivity index (χ3v) is 3.08. The van der Waals surface area contributed by atoms with Crippen molar-refractivity contribution in [2.45, 2.75) is 19.4 Å². The van der Waals surface area contributed by atoms with Gasteiger partial charge in [0.25, 0.3) is 0 Å². The van der Waals surface area contributed by atoms with E-state index in [0.717, 1.165) is 36.2 Å². The molecule has 0 saturated heterocycles. The van der Waals surface area contributed by atoms with Gasteiger partial charge in [-0.05, 0) is 18.2 Å². The Labute approximate surface area is 101 Å². The van der Waals surface area contributed by atoms with Crippen LogP contribution in [0.1, 0.15) is 12.8 Å². The van der Waals surface area contributed by atoms with Gasteiger partial charge >= 0.3 is 0 Å². The van der Waals surface area contributed by atoms with Crippen molar-refractivity contribution in [1.82, 2.24) is 0 Å². The van der Waals surface area contributed by atoms with E-state index in [4.69, 9.17) is 5.73 Å². The number of aromatic nitrogens is 1. The number of nitrogen functional groups attached to an aromatic ring is 1. The molecule has 0 unspecified atom stereocenters. The molecule has 2 rings (SSSR count). The minimum Gasteiger partial charge on any atom is -0.398 e. The molecule has 3 heteroatoms. The first-order valence-electron chi connectivity index (χ1n) is 5.60. The summed E-state index contributed by atoms with van der Waals surface area (Å²) in [5.74, 6) is 0.952. The monoisotopic (exact) mass is 233 g/mol. The second kappa shape index (κ2) is 5.21. The molecule has 2 N–H and O–H groups in total. The zero-order valence-electron chi connectivity index (χ0n) is 9.26. The molecule has 0 atom stereocenters. The molecule has 2 nitrogen and oxygen atoms in total. The predicted molar refractivity (Wildman–Crippen MR) is 71.6 cm³/mol. The highest BCUT2D eigenvalue weighted by Gasteiger charge is 2.09. The number of benzene rings is 1. The first-order valence-corrected chi connectivity index (χ1v) is 6.23. The van der Waals surface area contributed by atoms with E-state index < -0.39 is 0 Å².